The molecule has 0 unspecified atom stereocenters. The lowest BCUT2D eigenvalue weighted by atomic mass is 10.2. The quantitative estimate of drug-likeness (QED) is 0.349. The molecule has 0 spiro atoms. The second-order valence-corrected chi connectivity index (χ2v) is 9.26. The molecule has 1 aromatic heterocycles. The minimum atomic E-state index is -0.222. The van der Waals surface area contributed by atoms with Gasteiger partial charge in [0, 0.05) is 18.2 Å². The van der Waals surface area contributed by atoms with Crippen LogP contribution >= 0.6 is 23.5 Å². The first kappa shape index (κ1) is 24.0. The Morgan fingerprint density at radius 3 is 2.71 bits per heavy atom. The Morgan fingerprint density at radius 1 is 1.15 bits per heavy atom. The number of ether oxygens (including phenoxy) is 3. The summed E-state index contributed by atoms with van der Waals surface area (Å²) in [4.78, 5) is 31.5. The number of carbonyl (C=O) groups excluding carboxylic acids is 1. The maximum atomic E-state index is 13.4. The second-order valence-electron chi connectivity index (χ2n) is 7.21. The van der Waals surface area contributed by atoms with E-state index < -0.39 is 0 Å². The van der Waals surface area contributed by atoms with Gasteiger partial charge in [0.1, 0.15) is 5.75 Å². The van der Waals surface area contributed by atoms with Gasteiger partial charge in [0.15, 0.2) is 16.7 Å². The topological polar surface area (TPSA) is 91.7 Å². The van der Waals surface area contributed by atoms with Gasteiger partial charge >= 0.3 is 0 Å². The molecule has 8 nitrogen and oxygen atoms in total. The molecule has 0 radical (unpaired) electrons. The summed E-state index contributed by atoms with van der Waals surface area (Å²) in [6, 6.07) is 12.5. The van der Waals surface area contributed by atoms with Crippen LogP contribution in [0.4, 0.5) is 5.69 Å². The summed E-state index contributed by atoms with van der Waals surface area (Å²) in [6.45, 7) is 2.38. The number of hydrogen-bond acceptors (Lipinski definition) is 8. The number of fused-ring (bicyclic) bond motifs is 1. The summed E-state index contributed by atoms with van der Waals surface area (Å²) in [6.07, 6.45) is 0.726. The van der Waals surface area contributed by atoms with Crippen molar-refractivity contribution in [2.24, 2.45) is 0 Å². The third kappa shape index (κ3) is 5.02. The highest BCUT2D eigenvalue weighted by Crippen LogP contribution is 2.33. The van der Waals surface area contributed by atoms with E-state index in [2.05, 4.69) is 5.32 Å². The molecule has 10 heteroatoms. The molecule has 0 saturated carbocycles. The van der Waals surface area contributed by atoms with Crippen molar-refractivity contribution in [2.75, 3.05) is 37.6 Å². The number of nitrogens with zero attached hydrogens (tertiary/aromatic N) is 2. The van der Waals surface area contributed by atoms with Gasteiger partial charge in [-0.15, -0.1) is 11.8 Å². The molecule has 0 atom stereocenters. The number of anilines is 1. The number of hydrogen-bond donors (Lipinski definition) is 1. The predicted octanol–water partition coefficient (Wildman–Crippen LogP) is 4.03. The van der Waals surface area contributed by atoms with Crippen molar-refractivity contribution < 1.29 is 19.0 Å². The second kappa shape index (κ2) is 10.9. The third-order valence-corrected chi connectivity index (χ3v) is 7.13. The number of amides is 1. The highest BCUT2D eigenvalue weighted by molar-refractivity contribution is 8.00. The van der Waals surface area contributed by atoms with Crippen LogP contribution < -0.4 is 25.1 Å². The van der Waals surface area contributed by atoms with Crippen molar-refractivity contribution in [1.29, 1.82) is 0 Å². The SMILES string of the molecule is CCOc1ccccc1NC(=O)CSc1nc2c(c(=O)n1-c1ccc(OC)c(OC)c1)SCC2. The standard InChI is InChI=1S/C24H25N3O5S2/c1-4-32-18-8-6-5-7-16(18)25-21(28)14-34-24-26-17-11-12-33-22(17)23(29)27(24)15-9-10-19(30-2)20(13-15)31-3/h5-10,13H,4,11-12,14H2,1-3H3,(H,25,28). The fourth-order valence-corrected chi connectivity index (χ4v) is 5.40. The molecule has 2 heterocycles. The first-order chi connectivity index (χ1) is 16.5. The van der Waals surface area contributed by atoms with Crippen LogP contribution in [0, 0.1) is 0 Å². The number of rotatable bonds is 9. The summed E-state index contributed by atoms with van der Waals surface area (Å²) in [5.41, 5.74) is 1.82. The molecule has 0 aliphatic carbocycles. The Balaban J connectivity index is 1.63. The first-order valence-corrected chi connectivity index (χ1v) is 12.7. The van der Waals surface area contributed by atoms with Crippen LogP contribution in [0.2, 0.25) is 0 Å². The van der Waals surface area contributed by atoms with Crippen LogP contribution in [0.5, 0.6) is 17.2 Å². The number of carbonyl (C=O) groups is 1. The molecule has 0 saturated heterocycles. The molecule has 4 rings (SSSR count). The molecule has 0 fully saturated rings. The predicted molar refractivity (Wildman–Crippen MR) is 134 cm³/mol. The Labute approximate surface area is 206 Å². The van der Waals surface area contributed by atoms with Crippen LogP contribution in [0.1, 0.15) is 12.6 Å². The van der Waals surface area contributed by atoms with Crippen molar-refractivity contribution in [2.45, 2.75) is 23.4 Å². The van der Waals surface area contributed by atoms with Crippen LogP contribution in [-0.4, -0.2) is 47.8 Å². The van der Waals surface area contributed by atoms with Gasteiger partial charge in [0.25, 0.3) is 5.56 Å². The van der Waals surface area contributed by atoms with Crippen LogP contribution in [0.3, 0.4) is 0 Å². The molecule has 178 valence electrons. The zero-order valence-electron chi connectivity index (χ0n) is 19.1. The Bertz CT molecular complexity index is 1260. The Hall–Kier alpha value is -3.11. The average Bonchev–Trinajstić information content (AvgIpc) is 3.33. The largest absolute Gasteiger partial charge is 0.493 e. The van der Waals surface area contributed by atoms with Crippen molar-refractivity contribution in [3.05, 3.63) is 58.5 Å². The minimum absolute atomic E-state index is 0.0755. The summed E-state index contributed by atoms with van der Waals surface area (Å²) in [5.74, 6) is 2.34. The number of aromatic nitrogens is 2. The fourth-order valence-electron chi connectivity index (χ4n) is 3.55. The maximum absolute atomic E-state index is 13.4. The summed E-state index contributed by atoms with van der Waals surface area (Å²) in [5, 5.41) is 3.34. The number of nitrogens with one attached hydrogen (secondary N) is 1. The molecule has 34 heavy (non-hydrogen) atoms. The third-order valence-electron chi connectivity index (χ3n) is 5.09. The molecule has 1 aliphatic heterocycles. The van der Waals surface area contributed by atoms with E-state index in [9.17, 15) is 9.59 Å². The lowest BCUT2D eigenvalue weighted by molar-refractivity contribution is -0.113. The van der Waals surface area contributed by atoms with E-state index in [1.54, 1.807) is 44.6 Å². The molecular weight excluding hydrogens is 474 g/mol. The molecule has 0 bridgehead atoms. The summed E-state index contributed by atoms with van der Waals surface area (Å²) < 4.78 is 17.9. The van der Waals surface area contributed by atoms with Crippen molar-refractivity contribution in [3.63, 3.8) is 0 Å². The highest BCUT2D eigenvalue weighted by Gasteiger charge is 2.23. The Morgan fingerprint density at radius 2 is 1.94 bits per heavy atom. The van der Waals surface area contributed by atoms with E-state index in [4.69, 9.17) is 19.2 Å². The average molecular weight is 500 g/mol. The maximum Gasteiger partial charge on any atom is 0.272 e. The first-order valence-electron chi connectivity index (χ1n) is 10.7. The van der Waals surface area contributed by atoms with Gasteiger partial charge in [-0.25, -0.2) is 4.98 Å². The number of methoxy groups -OCH3 is 2. The van der Waals surface area contributed by atoms with Gasteiger partial charge < -0.3 is 19.5 Å². The normalized spacial score (nSPS) is 12.2. The van der Waals surface area contributed by atoms with Crippen LogP contribution in [-0.2, 0) is 11.2 Å². The van der Waals surface area contributed by atoms with E-state index in [0.29, 0.717) is 45.3 Å². The lowest BCUT2D eigenvalue weighted by Crippen LogP contribution is -2.24. The van der Waals surface area contributed by atoms with Gasteiger partial charge in [0.05, 0.1) is 48.5 Å². The fraction of sp³-hybridized carbons (Fsp3) is 0.292. The van der Waals surface area contributed by atoms with Gasteiger partial charge in [0.2, 0.25) is 5.91 Å². The zero-order valence-corrected chi connectivity index (χ0v) is 20.8. The molecule has 2 aromatic carbocycles. The van der Waals surface area contributed by atoms with Crippen LogP contribution in [0.25, 0.3) is 5.69 Å². The monoisotopic (exact) mass is 499 g/mol. The highest BCUT2D eigenvalue weighted by atomic mass is 32.2. The summed E-state index contributed by atoms with van der Waals surface area (Å²) in [7, 11) is 3.10. The van der Waals surface area contributed by atoms with Crippen molar-refractivity contribution in [1.82, 2.24) is 9.55 Å². The lowest BCUT2D eigenvalue weighted by Gasteiger charge is -2.16. The van der Waals surface area contributed by atoms with E-state index in [-0.39, 0.29) is 17.2 Å². The van der Waals surface area contributed by atoms with Gasteiger partial charge in [-0.3, -0.25) is 14.2 Å². The zero-order chi connectivity index (χ0) is 24.1. The minimum Gasteiger partial charge on any atom is -0.493 e. The molecule has 3 aromatic rings. The van der Waals surface area contributed by atoms with Crippen LogP contribution in [0.15, 0.2) is 57.3 Å². The molecule has 1 amide bonds. The van der Waals surface area contributed by atoms with E-state index in [0.717, 1.165) is 17.9 Å². The van der Waals surface area contributed by atoms with Gasteiger partial charge in [-0.05, 0) is 31.2 Å². The molecular formula is C24H25N3O5S2. The van der Waals surface area contributed by atoms with Gasteiger partial charge in [-0.1, -0.05) is 23.9 Å². The molecule has 1 aliphatic rings. The number of benzene rings is 2. The van der Waals surface area contributed by atoms with Crippen molar-refractivity contribution >= 4 is 35.1 Å². The van der Waals surface area contributed by atoms with Crippen molar-refractivity contribution in [3.8, 4) is 22.9 Å². The summed E-state index contributed by atoms with van der Waals surface area (Å²) >= 11 is 2.72. The smallest absolute Gasteiger partial charge is 0.272 e. The number of aryl methyl sites for hydroxylation is 1. The van der Waals surface area contributed by atoms with E-state index in [1.807, 2.05) is 19.1 Å². The molecule has 1 N–H and O–H groups in total. The number of thioether (sulfide) groups is 2. The number of para-hydroxylation sites is 2. The van der Waals surface area contributed by atoms with E-state index in [1.165, 1.54) is 28.1 Å². The van der Waals surface area contributed by atoms with E-state index >= 15 is 0 Å². The Kier molecular flexibility index (Phi) is 7.69. The van der Waals surface area contributed by atoms with Gasteiger partial charge in [-0.2, -0.15) is 0 Å².